The summed E-state index contributed by atoms with van der Waals surface area (Å²) in [5, 5.41) is 4.63. The van der Waals surface area contributed by atoms with Crippen LogP contribution in [0.15, 0.2) is 77.3 Å². The average Bonchev–Trinajstić information content (AvgIpc) is 3.14. The monoisotopic (exact) mass is 496 g/mol. The minimum Gasteiger partial charge on any atom is -0.362 e. The van der Waals surface area contributed by atoms with Gasteiger partial charge in [-0.15, -0.1) is 0 Å². The number of benzene rings is 2. The van der Waals surface area contributed by atoms with E-state index in [1.165, 1.54) is 6.07 Å². The molecule has 0 radical (unpaired) electrons. The Morgan fingerprint density at radius 1 is 0.865 bits per heavy atom. The quantitative estimate of drug-likeness (QED) is 0.434. The number of ketones is 2. The molecule has 1 N–H and O–H groups in total. The fraction of sp³-hybridized carbons (Fsp3) is 0.375. The summed E-state index contributed by atoms with van der Waals surface area (Å²) in [6, 6.07) is 14.8. The lowest BCUT2D eigenvalue weighted by Gasteiger charge is -2.43. The minimum atomic E-state index is -0.392. The van der Waals surface area contributed by atoms with Gasteiger partial charge in [-0.3, -0.25) is 9.59 Å². The summed E-state index contributed by atoms with van der Waals surface area (Å²) in [5.41, 5.74) is 6.03. The smallest absolute Gasteiger partial charge is 0.162 e. The predicted octanol–water partition coefficient (Wildman–Crippen LogP) is 6.80. The van der Waals surface area contributed by atoms with Crippen LogP contribution < -0.4 is 5.32 Å². The van der Waals surface area contributed by atoms with Gasteiger partial charge in [-0.05, 0) is 53.0 Å². The van der Waals surface area contributed by atoms with Crippen molar-refractivity contribution >= 4 is 22.5 Å². The summed E-state index contributed by atoms with van der Waals surface area (Å²) >= 11 is 0. The zero-order chi connectivity index (χ0) is 26.1. The Balaban J connectivity index is 1.56. The molecule has 0 atom stereocenters. The van der Waals surface area contributed by atoms with E-state index in [1.807, 2.05) is 18.2 Å². The van der Waals surface area contributed by atoms with Gasteiger partial charge in [0.1, 0.15) is 5.82 Å². The van der Waals surface area contributed by atoms with Gasteiger partial charge >= 0.3 is 0 Å². The predicted molar refractivity (Wildman–Crippen MR) is 143 cm³/mol. The molecule has 1 aromatic heterocycles. The number of para-hydroxylation sites is 1. The van der Waals surface area contributed by atoms with E-state index in [4.69, 9.17) is 0 Å². The Labute approximate surface area is 217 Å². The van der Waals surface area contributed by atoms with E-state index in [1.54, 1.807) is 12.1 Å². The number of nitrogens with one attached hydrogen (secondary N) is 1. The summed E-state index contributed by atoms with van der Waals surface area (Å²) in [5.74, 6) is -0.412. The van der Waals surface area contributed by atoms with Crippen LogP contribution >= 0.6 is 0 Å². The molecule has 0 saturated carbocycles. The maximum absolute atomic E-state index is 14.0. The molecule has 1 aliphatic heterocycles. The Bertz CT molecular complexity index is 1480. The van der Waals surface area contributed by atoms with Crippen molar-refractivity contribution in [3.8, 4) is 0 Å². The highest BCUT2D eigenvalue weighted by molar-refractivity contribution is 6.08. The SMILES string of the molecule is CC1(C)CC(=O)C2=C(C1)NC1=C(C(=O)CC(C)(C)C1)C2c1cn(Cc2cccc(F)c2)c2ccccc12. The lowest BCUT2D eigenvalue weighted by molar-refractivity contribution is -0.119. The molecule has 2 aliphatic carbocycles. The minimum absolute atomic E-state index is 0.120. The molecule has 2 heterocycles. The van der Waals surface area contributed by atoms with Crippen molar-refractivity contribution < 1.29 is 14.0 Å². The molecule has 0 saturated heterocycles. The Morgan fingerprint density at radius 3 is 2.11 bits per heavy atom. The van der Waals surface area contributed by atoms with E-state index in [2.05, 4.69) is 55.9 Å². The van der Waals surface area contributed by atoms with Crippen LogP contribution in [0.2, 0.25) is 0 Å². The van der Waals surface area contributed by atoms with Crippen molar-refractivity contribution in [3.05, 3.63) is 94.2 Å². The number of nitrogens with zero attached hydrogens (tertiary/aromatic N) is 1. The normalized spacial score (nSPS) is 21.2. The second-order valence-electron chi connectivity index (χ2n) is 12.6. The molecule has 6 rings (SSSR count). The number of aromatic nitrogens is 1. The second kappa shape index (κ2) is 8.27. The summed E-state index contributed by atoms with van der Waals surface area (Å²) in [6.07, 6.45) is 4.57. The topological polar surface area (TPSA) is 51.1 Å². The third kappa shape index (κ3) is 4.14. The molecule has 3 aliphatic rings. The van der Waals surface area contributed by atoms with Crippen LogP contribution in [0.25, 0.3) is 10.9 Å². The number of fused-ring (bicyclic) bond motifs is 1. The van der Waals surface area contributed by atoms with Crippen molar-refractivity contribution in [1.29, 1.82) is 0 Å². The Kier molecular flexibility index (Phi) is 5.34. The highest BCUT2D eigenvalue weighted by Gasteiger charge is 2.47. The van der Waals surface area contributed by atoms with Gasteiger partial charge in [0, 0.05) is 64.9 Å². The van der Waals surface area contributed by atoms with Crippen LogP contribution in [-0.2, 0) is 16.1 Å². The van der Waals surface area contributed by atoms with Gasteiger partial charge < -0.3 is 9.88 Å². The van der Waals surface area contributed by atoms with Crippen LogP contribution in [0.1, 0.15) is 70.4 Å². The van der Waals surface area contributed by atoms with Crippen LogP contribution in [0.5, 0.6) is 0 Å². The number of carbonyl (C=O) groups excluding carboxylic acids is 2. The lowest BCUT2D eigenvalue weighted by Crippen LogP contribution is -2.42. The molecule has 0 fully saturated rings. The summed E-state index contributed by atoms with van der Waals surface area (Å²) in [6.45, 7) is 9.04. The molecular weight excluding hydrogens is 463 g/mol. The van der Waals surface area contributed by atoms with E-state index in [9.17, 15) is 14.0 Å². The van der Waals surface area contributed by atoms with Gasteiger partial charge in [0.15, 0.2) is 11.6 Å². The molecule has 37 heavy (non-hydrogen) atoms. The maximum Gasteiger partial charge on any atom is 0.162 e. The zero-order valence-electron chi connectivity index (χ0n) is 22.0. The van der Waals surface area contributed by atoms with Gasteiger partial charge in [0.2, 0.25) is 0 Å². The number of hydrogen-bond donors (Lipinski definition) is 1. The van der Waals surface area contributed by atoms with Crippen LogP contribution in [-0.4, -0.2) is 16.1 Å². The molecular formula is C32H33FN2O2. The van der Waals surface area contributed by atoms with Gasteiger partial charge in [-0.1, -0.05) is 58.0 Å². The Morgan fingerprint density at radius 2 is 1.49 bits per heavy atom. The molecule has 2 aromatic carbocycles. The van der Waals surface area contributed by atoms with Crippen molar-refractivity contribution in [1.82, 2.24) is 9.88 Å². The second-order valence-corrected chi connectivity index (χ2v) is 12.6. The molecule has 4 nitrogen and oxygen atoms in total. The standard InChI is InChI=1S/C32H33FN2O2/c1-31(2)13-23-29(26(36)15-31)28(30-24(34-23)14-32(3,4)16-27(30)37)22-18-35(25-11-6-5-10-21(22)25)17-19-8-7-9-20(33)12-19/h5-12,18,28,34H,13-17H2,1-4H3. The van der Waals surface area contributed by atoms with Crippen molar-refractivity contribution in [2.75, 3.05) is 0 Å². The highest BCUT2D eigenvalue weighted by atomic mass is 19.1. The van der Waals surface area contributed by atoms with E-state index >= 15 is 0 Å². The van der Waals surface area contributed by atoms with Crippen molar-refractivity contribution in [2.24, 2.45) is 10.8 Å². The van der Waals surface area contributed by atoms with E-state index in [0.717, 1.165) is 57.4 Å². The third-order valence-corrected chi connectivity index (χ3v) is 8.09. The van der Waals surface area contributed by atoms with Crippen LogP contribution in [0, 0.1) is 16.6 Å². The van der Waals surface area contributed by atoms with E-state index in [0.29, 0.717) is 19.4 Å². The number of halogens is 1. The zero-order valence-corrected chi connectivity index (χ0v) is 22.0. The van der Waals surface area contributed by atoms with Gasteiger partial charge in [-0.25, -0.2) is 4.39 Å². The molecule has 0 bridgehead atoms. The first-order valence-corrected chi connectivity index (χ1v) is 13.1. The molecule has 3 aromatic rings. The first-order valence-electron chi connectivity index (χ1n) is 13.1. The fourth-order valence-electron chi connectivity index (χ4n) is 6.67. The van der Waals surface area contributed by atoms with E-state index < -0.39 is 5.92 Å². The number of carbonyl (C=O) groups is 2. The van der Waals surface area contributed by atoms with Crippen LogP contribution in [0.4, 0.5) is 4.39 Å². The third-order valence-electron chi connectivity index (χ3n) is 8.09. The lowest BCUT2D eigenvalue weighted by atomic mass is 9.64. The van der Waals surface area contributed by atoms with Gasteiger partial charge in [0.05, 0.1) is 0 Å². The van der Waals surface area contributed by atoms with Crippen LogP contribution in [0.3, 0.4) is 0 Å². The average molecular weight is 497 g/mol. The fourth-order valence-corrected chi connectivity index (χ4v) is 6.67. The number of hydrogen-bond acceptors (Lipinski definition) is 3. The van der Waals surface area contributed by atoms with Gasteiger partial charge in [-0.2, -0.15) is 0 Å². The molecule has 190 valence electrons. The largest absolute Gasteiger partial charge is 0.362 e. The molecule has 5 heteroatoms. The van der Waals surface area contributed by atoms with E-state index in [-0.39, 0.29) is 28.2 Å². The summed E-state index contributed by atoms with van der Waals surface area (Å²) in [7, 11) is 0. The maximum atomic E-state index is 14.0. The highest BCUT2D eigenvalue weighted by Crippen LogP contribution is 2.52. The Hall–Kier alpha value is -3.47. The molecule has 0 unspecified atom stereocenters. The first kappa shape index (κ1) is 23.9. The van der Waals surface area contributed by atoms with Gasteiger partial charge in [0.25, 0.3) is 0 Å². The van der Waals surface area contributed by atoms with Crippen molar-refractivity contribution in [2.45, 2.75) is 65.8 Å². The van der Waals surface area contributed by atoms with Crippen molar-refractivity contribution in [3.63, 3.8) is 0 Å². The number of allylic oxidation sites excluding steroid dienone is 4. The molecule has 0 amide bonds. The summed E-state index contributed by atoms with van der Waals surface area (Å²) < 4.78 is 16.1. The number of rotatable bonds is 3. The molecule has 0 spiro atoms. The number of Topliss-reactive ketones (excluding diaryl/α,β-unsaturated/α-hetero) is 2. The summed E-state index contributed by atoms with van der Waals surface area (Å²) in [4.78, 5) is 27.5. The number of dihydropyridines is 1. The first-order chi connectivity index (χ1) is 17.5.